The molecule has 2 aliphatic rings. The van der Waals surface area contributed by atoms with Crippen LogP contribution in [0.2, 0.25) is 0 Å². The number of hydrogen-bond donors (Lipinski definition) is 2. The number of hydrogen-bond acceptors (Lipinski definition) is 12. The summed E-state index contributed by atoms with van der Waals surface area (Å²) < 4.78 is 34.9. The van der Waals surface area contributed by atoms with Crippen LogP contribution in [-0.2, 0) is 12.8 Å². The number of aryl methyl sites for hydroxylation is 2. The topological polar surface area (TPSA) is 114 Å². The van der Waals surface area contributed by atoms with E-state index in [4.69, 9.17) is 28.4 Å². The van der Waals surface area contributed by atoms with E-state index in [-0.39, 0.29) is 22.9 Å². The highest BCUT2D eigenvalue weighted by atomic mass is 32.2. The van der Waals surface area contributed by atoms with Crippen molar-refractivity contribution < 1.29 is 28.4 Å². The number of ether oxygens (including phenoxy) is 6. The quantitative estimate of drug-likeness (QED) is 0.120. The van der Waals surface area contributed by atoms with E-state index in [2.05, 4.69) is 10.5 Å². The zero-order valence-electron chi connectivity index (χ0n) is 31.3. The number of thioether (sulfide) groups is 2. The summed E-state index contributed by atoms with van der Waals surface area (Å²) in [6, 6.07) is 14.7. The third-order valence-electron chi connectivity index (χ3n) is 10.0. The Labute approximate surface area is 319 Å². The minimum atomic E-state index is -0.248. The summed E-state index contributed by atoms with van der Waals surface area (Å²) in [4.78, 5) is 28.3. The minimum absolute atomic E-state index is 0.0586. The molecule has 277 valence electrons. The van der Waals surface area contributed by atoms with E-state index in [0.29, 0.717) is 70.0 Å². The first-order valence-electron chi connectivity index (χ1n) is 17.2. The van der Waals surface area contributed by atoms with E-state index >= 15 is 0 Å². The number of nitrogens with one attached hydrogen (secondary N) is 2. The molecular weight excluding hydrogens is 711 g/mol. The lowest BCUT2D eigenvalue weighted by atomic mass is 9.92. The predicted octanol–water partition coefficient (Wildman–Crippen LogP) is 6.62. The first-order valence-corrected chi connectivity index (χ1v) is 19.6. The maximum Gasteiger partial charge on any atom is 0.308 e. The van der Waals surface area contributed by atoms with Gasteiger partial charge >= 0.3 is 7.55 Å². The average molecular weight is 756 g/mol. The standard InChI is InChI=1S/C40H44BN2O8S2/c1-46-31-17-21-9-13-27(25-19-29(44)33(52-7)15-11-23(25)35(21)39(50-5)37(31)48-3)42-41-43-28-14-10-22-18-32(47-2)38(49-4)40(51-6)36(22)24-12-16-34(53-8)30(45)20-26(24)28/h11-12,15-20,27-28,42-43H,9-10,13-14H2,1-8H3/t27-,28-/m0/s1. The molecule has 0 amide bonds. The van der Waals surface area contributed by atoms with Crippen molar-refractivity contribution in [3.63, 3.8) is 0 Å². The third kappa shape index (κ3) is 7.19. The molecule has 0 aromatic heterocycles. The SMILES string of the molecule is COc1cc2c(c(OC)c1OC)-c1ccc(SC)c(=O)cc1[C@@H](N[B]N[C@H]1CCc3cc(OC)c(OC)c(OC)c3-c3ccc(SC)c(=O)cc31)CC2. The molecule has 0 heterocycles. The van der Waals surface area contributed by atoms with Crippen LogP contribution in [0.4, 0.5) is 0 Å². The Balaban J connectivity index is 1.41. The molecule has 2 aliphatic carbocycles. The van der Waals surface area contributed by atoms with Gasteiger partial charge in [-0.2, -0.15) is 0 Å². The van der Waals surface area contributed by atoms with Gasteiger partial charge < -0.3 is 38.9 Å². The molecule has 0 bridgehead atoms. The summed E-state index contributed by atoms with van der Waals surface area (Å²) in [6.45, 7) is 0. The van der Waals surface area contributed by atoms with Gasteiger partial charge in [0, 0.05) is 23.2 Å². The second kappa shape index (κ2) is 16.8. The Morgan fingerprint density at radius 3 is 1.30 bits per heavy atom. The summed E-state index contributed by atoms with van der Waals surface area (Å²) in [6.07, 6.45) is 6.51. The van der Waals surface area contributed by atoms with Gasteiger partial charge in [-0.3, -0.25) is 9.59 Å². The molecule has 0 saturated carbocycles. The van der Waals surface area contributed by atoms with Crippen LogP contribution in [-0.4, -0.2) is 62.7 Å². The fourth-order valence-electron chi connectivity index (χ4n) is 7.53. The average Bonchev–Trinajstić information content (AvgIpc) is 3.57. The van der Waals surface area contributed by atoms with Crippen molar-refractivity contribution in [1.82, 2.24) is 10.5 Å². The van der Waals surface area contributed by atoms with Gasteiger partial charge in [0.15, 0.2) is 33.9 Å². The highest BCUT2D eigenvalue weighted by molar-refractivity contribution is 7.98. The van der Waals surface area contributed by atoms with Gasteiger partial charge in [0.2, 0.25) is 11.5 Å². The molecule has 6 rings (SSSR count). The van der Waals surface area contributed by atoms with Crippen molar-refractivity contribution >= 4 is 31.1 Å². The Morgan fingerprint density at radius 2 is 0.962 bits per heavy atom. The van der Waals surface area contributed by atoms with Gasteiger partial charge in [-0.15, -0.1) is 23.5 Å². The molecule has 10 nitrogen and oxygen atoms in total. The lowest BCUT2D eigenvalue weighted by Gasteiger charge is -2.22. The Hall–Kier alpha value is -4.30. The summed E-state index contributed by atoms with van der Waals surface area (Å²) in [5.74, 6) is 3.25. The zero-order valence-corrected chi connectivity index (χ0v) is 32.9. The molecule has 2 N–H and O–H groups in total. The molecule has 0 aliphatic heterocycles. The van der Waals surface area contributed by atoms with Crippen LogP contribution in [0.5, 0.6) is 34.5 Å². The van der Waals surface area contributed by atoms with Crippen LogP contribution < -0.4 is 49.7 Å². The molecular formula is C40H44BN2O8S2. The van der Waals surface area contributed by atoms with Crippen molar-refractivity contribution in [2.75, 3.05) is 55.2 Å². The van der Waals surface area contributed by atoms with E-state index in [1.165, 1.54) is 23.5 Å². The van der Waals surface area contributed by atoms with Crippen LogP contribution in [0, 0.1) is 0 Å². The Kier molecular flexibility index (Phi) is 12.2. The maximum absolute atomic E-state index is 13.5. The largest absolute Gasteiger partial charge is 0.493 e. The molecule has 2 atom stereocenters. The fourth-order valence-corrected chi connectivity index (χ4v) is 8.46. The van der Waals surface area contributed by atoms with E-state index in [1.807, 2.05) is 56.5 Å². The first-order chi connectivity index (χ1) is 25.8. The normalized spacial score (nSPS) is 15.7. The lowest BCUT2D eigenvalue weighted by Crippen LogP contribution is -2.38. The highest BCUT2D eigenvalue weighted by Gasteiger charge is 2.31. The van der Waals surface area contributed by atoms with Crippen LogP contribution in [0.15, 0.2) is 67.9 Å². The number of rotatable bonds is 12. The third-order valence-corrected chi connectivity index (χ3v) is 11.6. The number of benzene rings is 2. The summed E-state index contributed by atoms with van der Waals surface area (Å²) in [7, 11) is 11.5. The van der Waals surface area contributed by atoms with Crippen LogP contribution in [0.25, 0.3) is 22.3 Å². The summed E-state index contributed by atoms with van der Waals surface area (Å²) in [5.41, 5.74) is 7.10. The van der Waals surface area contributed by atoms with Crippen LogP contribution >= 0.6 is 23.5 Å². The molecule has 0 spiro atoms. The molecule has 0 unspecified atom stereocenters. The van der Waals surface area contributed by atoms with Crippen LogP contribution in [0.3, 0.4) is 0 Å². The minimum Gasteiger partial charge on any atom is -0.493 e. The Bertz CT molecular complexity index is 2000. The monoisotopic (exact) mass is 755 g/mol. The first kappa shape index (κ1) is 38.4. The van der Waals surface area contributed by atoms with Gasteiger partial charge in [-0.25, -0.2) is 0 Å². The molecule has 53 heavy (non-hydrogen) atoms. The van der Waals surface area contributed by atoms with Gasteiger partial charge in [0.05, 0.1) is 52.4 Å². The molecule has 4 aromatic rings. The van der Waals surface area contributed by atoms with Crippen molar-refractivity contribution in [3.8, 4) is 56.8 Å². The van der Waals surface area contributed by atoms with Gasteiger partial charge in [0.1, 0.15) is 0 Å². The second-order valence-electron chi connectivity index (χ2n) is 12.6. The molecule has 4 aromatic carbocycles. The number of methoxy groups -OCH3 is 6. The lowest BCUT2D eigenvalue weighted by molar-refractivity contribution is 0.324. The van der Waals surface area contributed by atoms with E-state index in [9.17, 15) is 9.59 Å². The van der Waals surface area contributed by atoms with Crippen molar-refractivity contribution in [3.05, 3.63) is 91.2 Å². The zero-order chi connectivity index (χ0) is 37.8. The van der Waals surface area contributed by atoms with E-state index in [0.717, 1.165) is 44.5 Å². The summed E-state index contributed by atoms with van der Waals surface area (Å²) >= 11 is 2.83. The molecule has 0 fully saturated rings. The smallest absolute Gasteiger partial charge is 0.308 e. The molecule has 0 saturated heterocycles. The second-order valence-corrected chi connectivity index (χ2v) is 14.3. The Morgan fingerprint density at radius 1 is 0.566 bits per heavy atom. The predicted molar refractivity (Wildman–Crippen MR) is 213 cm³/mol. The van der Waals surface area contributed by atoms with E-state index < -0.39 is 0 Å². The number of fused-ring (bicyclic) bond motifs is 6. The summed E-state index contributed by atoms with van der Waals surface area (Å²) in [5, 5.41) is 7.24. The maximum atomic E-state index is 13.5. The highest BCUT2D eigenvalue weighted by Crippen LogP contribution is 2.52. The van der Waals surface area contributed by atoms with E-state index in [1.54, 1.807) is 54.8 Å². The van der Waals surface area contributed by atoms with Crippen molar-refractivity contribution in [2.24, 2.45) is 0 Å². The fraction of sp³-hybridized carbons (Fsp3) is 0.350. The van der Waals surface area contributed by atoms with Crippen molar-refractivity contribution in [1.29, 1.82) is 0 Å². The molecule has 13 heteroatoms. The van der Waals surface area contributed by atoms with Gasteiger partial charge in [0.25, 0.3) is 0 Å². The van der Waals surface area contributed by atoms with Crippen molar-refractivity contribution in [2.45, 2.75) is 47.6 Å². The van der Waals surface area contributed by atoms with Gasteiger partial charge in [-0.1, -0.05) is 12.1 Å². The van der Waals surface area contributed by atoms with Crippen LogP contribution in [0.1, 0.15) is 47.2 Å². The van der Waals surface area contributed by atoms with Gasteiger partial charge in [-0.05, 0) is 108 Å². The molecule has 1 radical (unpaired) electrons.